The molecule has 1 aliphatic heterocycles. The number of carbonyl (C=O) groups is 1. The number of ether oxygens (including phenoxy) is 1. The van der Waals surface area contributed by atoms with Crippen LogP contribution in [0.25, 0.3) is 5.70 Å². The number of rotatable bonds is 2. The summed E-state index contributed by atoms with van der Waals surface area (Å²) in [4.78, 5) is 14.1. The van der Waals surface area contributed by atoms with Crippen molar-refractivity contribution >= 4 is 27.7 Å². The Morgan fingerprint density at radius 1 is 1.11 bits per heavy atom. The van der Waals surface area contributed by atoms with Crippen molar-refractivity contribution in [2.24, 2.45) is 0 Å². The second-order valence-electron chi connectivity index (χ2n) is 7.64. The van der Waals surface area contributed by atoms with Crippen LogP contribution >= 0.6 is 15.9 Å². The summed E-state index contributed by atoms with van der Waals surface area (Å²) < 4.78 is 6.54. The molecule has 1 amide bonds. The van der Waals surface area contributed by atoms with E-state index in [2.05, 4.69) is 15.9 Å². The summed E-state index contributed by atoms with van der Waals surface area (Å²) in [5, 5.41) is 10.8. The molecule has 0 unspecified atom stereocenters. The maximum absolute atomic E-state index is 12.8. The highest BCUT2D eigenvalue weighted by Crippen LogP contribution is 2.37. The Bertz CT molecular complexity index is 825. The molecule has 4 nitrogen and oxygen atoms in total. The highest BCUT2D eigenvalue weighted by molar-refractivity contribution is 9.10. The summed E-state index contributed by atoms with van der Waals surface area (Å²) in [5.41, 5.74) is 1.98. The first kappa shape index (κ1) is 19.6. The number of amides is 1. The van der Waals surface area contributed by atoms with Gasteiger partial charge in [0.2, 0.25) is 0 Å². The molecule has 0 fully saturated rings. The summed E-state index contributed by atoms with van der Waals surface area (Å²) in [7, 11) is 0. The molecule has 5 heteroatoms. The molecule has 0 radical (unpaired) electrons. The molecule has 1 heterocycles. The molecule has 2 aromatic rings. The standard InChI is InChI=1S/C22H24BrNO3/c1-22(2,3)27-21(26)24-19(16-7-5-4-6-8-16)13-17(14-20(24)25)15-9-11-18(23)12-10-15/h4-13,17,20,25H,14H2,1-3H3/t17-,20+/m0/s1. The largest absolute Gasteiger partial charge is 0.443 e. The normalized spacial score (nSPS) is 20.2. The monoisotopic (exact) mass is 429 g/mol. The number of carbonyl (C=O) groups excluding carboxylic acids is 1. The van der Waals surface area contributed by atoms with E-state index in [-0.39, 0.29) is 5.92 Å². The molecule has 2 aromatic carbocycles. The minimum atomic E-state index is -0.964. The fourth-order valence-corrected chi connectivity index (χ4v) is 3.41. The minimum Gasteiger partial charge on any atom is -0.443 e. The highest BCUT2D eigenvalue weighted by Gasteiger charge is 2.36. The zero-order valence-electron chi connectivity index (χ0n) is 15.7. The smallest absolute Gasteiger partial charge is 0.416 e. The number of halogens is 1. The second kappa shape index (κ2) is 7.87. The molecule has 142 valence electrons. The van der Waals surface area contributed by atoms with Crippen LogP contribution in [0.4, 0.5) is 4.79 Å². The number of aliphatic hydroxyl groups excluding tert-OH is 1. The maximum atomic E-state index is 12.8. The molecule has 0 bridgehead atoms. The van der Waals surface area contributed by atoms with E-state index in [1.54, 1.807) is 0 Å². The van der Waals surface area contributed by atoms with E-state index in [0.717, 1.165) is 15.6 Å². The third-order valence-corrected chi connectivity index (χ3v) is 4.87. The van der Waals surface area contributed by atoms with Gasteiger partial charge in [-0.05, 0) is 44.0 Å². The summed E-state index contributed by atoms with van der Waals surface area (Å²) in [6, 6.07) is 17.6. The Hall–Kier alpha value is -2.11. The second-order valence-corrected chi connectivity index (χ2v) is 8.56. The Morgan fingerprint density at radius 3 is 2.33 bits per heavy atom. The molecule has 0 saturated heterocycles. The van der Waals surface area contributed by atoms with Gasteiger partial charge in [0.15, 0.2) is 0 Å². The van der Waals surface area contributed by atoms with Crippen LogP contribution in [0.5, 0.6) is 0 Å². The van der Waals surface area contributed by atoms with Gasteiger partial charge in [0.1, 0.15) is 11.8 Å². The lowest BCUT2D eigenvalue weighted by Gasteiger charge is -2.37. The van der Waals surface area contributed by atoms with Crippen LogP contribution in [0.1, 0.15) is 44.2 Å². The van der Waals surface area contributed by atoms with Crippen LogP contribution in [-0.2, 0) is 4.74 Å². The van der Waals surface area contributed by atoms with E-state index < -0.39 is 17.9 Å². The van der Waals surface area contributed by atoms with Crippen LogP contribution in [-0.4, -0.2) is 27.9 Å². The van der Waals surface area contributed by atoms with Crippen LogP contribution < -0.4 is 0 Å². The molecule has 0 spiro atoms. The van der Waals surface area contributed by atoms with Gasteiger partial charge in [0.25, 0.3) is 0 Å². The fourth-order valence-electron chi connectivity index (χ4n) is 3.15. The fraction of sp³-hybridized carbons (Fsp3) is 0.318. The van der Waals surface area contributed by atoms with E-state index in [0.29, 0.717) is 12.1 Å². The van der Waals surface area contributed by atoms with E-state index in [4.69, 9.17) is 4.74 Å². The van der Waals surface area contributed by atoms with Gasteiger partial charge in [-0.25, -0.2) is 4.79 Å². The van der Waals surface area contributed by atoms with Crippen molar-refractivity contribution < 1.29 is 14.6 Å². The van der Waals surface area contributed by atoms with Crippen molar-refractivity contribution in [2.75, 3.05) is 0 Å². The lowest BCUT2D eigenvalue weighted by molar-refractivity contribution is -0.0134. The third kappa shape index (κ3) is 4.79. The van der Waals surface area contributed by atoms with Crippen molar-refractivity contribution in [3.05, 3.63) is 76.3 Å². The molecule has 27 heavy (non-hydrogen) atoms. The predicted octanol–water partition coefficient (Wildman–Crippen LogP) is 5.53. The van der Waals surface area contributed by atoms with Gasteiger partial charge in [-0.3, -0.25) is 4.90 Å². The molecule has 0 aliphatic carbocycles. The summed E-state index contributed by atoms with van der Waals surface area (Å²) >= 11 is 3.45. The molecule has 2 atom stereocenters. The van der Waals surface area contributed by atoms with E-state index in [1.165, 1.54) is 4.90 Å². The maximum Gasteiger partial charge on any atom is 0.416 e. The van der Waals surface area contributed by atoms with Crippen LogP contribution in [0.2, 0.25) is 0 Å². The number of hydrogen-bond donors (Lipinski definition) is 1. The summed E-state index contributed by atoms with van der Waals surface area (Å²) in [5.74, 6) is 0.00185. The first-order valence-corrected chi connectivity index (χ1v) is 9.77. The number of allylic oxidation sites excluding steroid dienone is 1. The van der Waals surface area contributed by atoms with Crippen molar-refractivity contribution in [1.82, 2.24) is 4.90 Å². The van der Waals surface area contributed by atoms with Crippen molar-refractivity contribution in [3.63, 3.8) is 0 Å². The Balaban J connectivity index is 2.02. The number of aliphatic hydroxyl groups is 1. The van der Waals surface area contributed by atoms with Crippen molar-refractivity contribution in [3.8, 4) is 0 Å². The van der Waals surface area contributed by atoms with Gasteiger partial charge >= 0.3 is 6.09 Å². The third-order valence-electron chi connectivity index (χ3n) is 4.34. The van der Waals surface area contributed by atoms with Gasteiger partial charge in [-0.2, -0.15) is 0 Å². The molecule has 3 rings (SSSR count). The number of benzene rings is 2. The van der Waals surface area contributed by atoms with Gasteiger partial charge in [0.05, 0.1) is 5.70 Å². The zero-order chi connectivity index (χ0) is 19.6. The van der Waals surface area contributed by atoms with Crippen LogP contribution in [0.3, 0.4) is 0 Å². The average molecular weight is 430 g/mol. The van der Waals surface area contributed by atoms with Gasteiger partial charge < -0.3 is 9.84 Å². The molecule has 1 aliphatic rings. The Morgan fingerprint density at radius 2 is 1.74 bits per heavy atom. The van der Waals surface area contributed by atoms with Crippen molar-refractivity contribution in [2.45, 2.75) is 44.9 Å². The Kier molecular flexibility index (Phi) is 5.72. The number of nitrogens with zero attached hydrogens (tertiary/aromatic N) is 1. The minimum absolute atomic E-state index is 0.00185. The summed E-state index contributed by atoms with van der Waals surface area (Å²) in [6.07, 6.45) is 0.944. The first-order chi connectivity index (χ1) is 12.7. The van der Waals surface area contributed by atoms with Gasteiger partial charge in [-0.1, -0.05) is 64.5 Å². The molecular formula is C22H24BrNO3. The van der Waals surface area contributed by atoms with E-state index >= 15 is 0 Å². The van der Waals surface area contributed by atoms with Crippen LogP contribution in [0.15, 0.2) is 65.1 Å². The molecule has 1 N–H and O–H groups in total. The number of hydrogen-bond acceptors (Lipinski definition) is 3. The quantitative estimate of drug-likeness (QED) is 0.682. The summed E-state index contributed by atoms with van der Waals surface area (Å²) in [6.45, 7) is 5.45. The average Bonchev–Trinajstić information content (AvgIpc) is 2.60. The lowest BCUT2D eigenvalue weighted by Crippen LogP contribution is -2.44. The van der Waals surface area contributed by atoms with E-state index in [1.807, 2.05) is 81.4 Å². The topological polar surface area (TPSA) is 49.8 Å². The molecule has 0 aromatic heterocycles. The van der Waals surface area contributed by atoms with Gasteiger partial charge in [0, 0.05) is 16.8 Å². The van der Waals surface area contributed by atoms with Crippen molar-refractivity contribution in [1.29, 1.82) is 0 Å². The Labute approximate surface area is 168 Å². The SMILES string of the molecule is CC(C)(C)OC(=O)N1C(c2ccccc2)=C[C@H](c2ccc(Br)cc2)C[C@H]1O. The lowest BCUT2D eigenvalue weighted by atomic mass is 9.89. The van der Waals surface area contributed by atoms with E-state index in [9.17, 15) is 9.90 Å². The zero-order valence-corrected chi connectivity index (χ0v) is 17.3. The van der Waals surface area contributed by atoms with Crippen LogP contribution in [0, 0.1) is 0 Å². The highest BCUT2D eigenvalue weighted by atomic mass is 79.9. The predicted molar refractivity (Wildman–Crippen MR) is 110 cm³/mol. The first-order valence-electron chi connectivity index (χ1n) is 8.97. The van der Waals surface area contributed by atoms with Gasteiger partial charge in [-0.15, -0.1) is 0 Å². The molecular weight excluding hydrogens is 406 g/mol. The molecule has 0 saturated carbocycles.